The number of ketones is 1. The molecule has 0 spiro atoms. The number of carbonyl (C=O) groups is 3. The van der Waals surface area contributed by atoms with Gasteiger partial charge in [0, 0.05) is 31.4 Å². The minimum atomic E-state index is -0.725. The standard InChI is InChI=1S/C23H24N4O5S2/c1-12-21(13(2)28)34-23(24-12)26-19(29)10-27-17-9-15(5-6-18(17)32-14(3)22(27)30)16-11-33-20(25-16)7-8-31-4/h5-6,9,11,14H,7-8,10H2,1-4H3,(H,24,26,29). The third-order valence-electron chi connectivity index (χ3n) is 5.20. The number of hydrogen-bond acceptors (Lipinski definition) is 9. The van der Waals surface area contributed by atoms with Gasteiger partial charge in [-0.05, 0) is 32.0 Å². The third kappa shape index (κ3) is 5.01. The number of aromatic nitrogens is 2. The van der Waals surface area contributed by atoms with Crippen molar-refractivity contribution in [2.24, 2.45) is 0 Å². The molecule has 2 amide bonds. The fourth-order valence-corrected chi connectivity index (χ4v) is 5.22. The van der Waals surface area contributed by atoms with Gasteiger partial charge in [0.1, 0.15) is 12.3 Å². The maximum Gasteiger partial charge on any atom is 0.268 e. The molecule has 1 aliphatic rings. The number of rotatable bonds is 8. The minimum absolute atomic E-state index is 0.110. The van der Waals surface area contributed by atoms with Crippen molar-refractivity contribution >= 4 is 51.1 Å². The fraction of sp³-hybridized carbons (Fsp3) is 0.348. The highest BCUT2D eigenvalue weighted by atomic mass is 32.1. The van der Waals surface area contributed by atoms with Crippen LogP contribution in [0.4, 0.5) is 10.8 Å². The number of nitrogens with zero attached hydrogens (tertiary/aromatic N) is 3. The van der Waals surface area contributed by atoms with Crippen molar-refractivity contribution in [3.8, 4) is 17.0 Å². The molecule has 0 aliphatic carbocycles. The van der Waals surface area contributed by atoms with E-state index in [9.17, 15) is 14.4 Å². The van der Waals surface area contributed by atoms with Gasteiger partial charge in [-0.3, -0.25) is 19.3 Å². The molecule has 9 nitrogen and oxygen atoms in total. The zero-order valence-corrected chi connectivity index (χ0v) is 20.8. The summed E-state index contributed by atoms with van der Waals surface area (Å²) in [5.41, 5.74) is 2.66. The van der Waals surface area contributed by atoms with Crippen LogP contribution >= 0.6 is 22.7 Å². The maximum absolute atomic E-state index is 12.9. The van der Waals surface area contributed by atoms with E-state index in [2.05, 4.69) is 15.3 Å². The number of aryl methyl sites for hydroxylation is 1. The molecular weight excluding hydrogens is 476 g/mol. The number of ether oxygens (including phenoxy) is 2. The Morgan fingerprint density at radius 1 is 1.29 bits per heavy atom. The predicted octanol–water partition coefficient (Wildman–Crippen LogP) is 3.72. The fourth-order valence-electron chi connectivity index (χ4n) is 3.56. The summed E-state index contributed by atoms with van der Waals surface area (Å²) in [5, 5.41) is 5.93. The number of nitrogens with one attached hydrogen (secondary N) is 1. The van der Waals surface area contributed by atoms with Crippen LogP contribution in [0, 0.1) is 6.92 Å². The summed E-state index contributed by atoms with van der Waals surface area (Å²) in [6.07, 6.45) is -0.00323. The first-order valence-corrected chi connectivity index (χ1v) is 12.3. The molecule has 3 aromatic rings. The third-order valence-corrected chi connectivity index (χ3v) is 7.28. The largest absolute Gasteiger partial charge is 0.479 e. The van der Waals surface area contributed by atoms with Gasteiger partial charge in [0.05, 0.1) is 33.6 Å². The van der Waals surface area contributed by atoms with Crippen molar-refractivity contribution < 1.29 is 23.9 Å². The van der Waals surface area contributed by atoms with E-state index in [1.807, 2.05) is 17.5 Å². The van der Waals surface area contributed by atoms with Gasteiger partial charge in [-0.15, -0.1) is 11.3 Å². The van der Waals surface area contributed by atoms with Crippen molar-refractivity contribution in [1.82, 2.24) is 9.97 Å². The molecule has 11 heteroatoms. The second kappa shape index (κ2) is 10.00. The highest BCUT2D eigenvalue weighted by Gasteiger charge is 2.33. The lowest BCUT2D eigenvalue weighted by atomic mass is 10.1. The van der Waals surface area contributed by atoms with Gasteiger partial charge in [-0.1, -0.05) is 11.3 Å². The molecule has 3 heterocycles. The summed E-state index contributed by atoms with van der Waals surface area (Å²) in [6, 6.07) is 5.48. The molecule has 0 saturated heterocycles. The van der Waals surface area contributed by atoms with Crippen LogP contribution in [0.1, 0.15) is 34.2 Å². The highest BCUT2D eigenvalue weighted by molar-refractivity contribution is 7.17. The first-order chi connectivity index (χ1) is 16.3. The normalized spacial score (nSPS) is 15.1. The Labute approximate surface area is 204 Å². The van der Waals surface area contributed by atoms with E-state index >= 15 is 0 Å². The van der Waals surface area contributed by atoms with Gasteiger partial charge in [-0.25, -0.2) is 9.97 Å². The number of carbonyl (C=O) groups excluding carboxylic acids is 3. The van der Waals surface area contributed by atoms with Gasteiger partial charge >= 0.3 is 0 Å². The van der Waals surface area contributed by atoms with Crippen LogP contribution in [0.15, 0.2) is 23.6 Å². The van der Waals surface area contributed by atoms with Crippen LogP contribution in [0.5, 0.6) is 5.75 Å². The Hall–Kier alpha value is -3.15. The van der Waals surface area contributed by atoms with E-state index in [4.69, 9.17) is 9.47 Å². The summed E-state index contributed by atoms with van der Waals surface area (Å²) in [4.78, 5) is 48.2. The van der Waals surface area contributed by atoms with E-state index in [-0.39, 0.29) is 18.2 Å². The number of fused-ring (bicyclic) bond motifs is 1. The number of anilines is 2. The summed E-state index contributed by atoms with van der Waals surface area (Å²) >= 11 is 2.66. The molecule has 2 aromatic heterocycles. The molecule has 1 N–H and O–H groups in total. The van der Waals surface area contributed by atoms with Crippen molar-refractivity contribution in [3.05, 3.63) is 39.2 Å². The van der Waals surface area contributed by atoms with Crippen molar-refractivity contribution in [2.45, 2.75) is 33.3 Å². The number of Topliss-reactive ketones (excluding diaryl/α,β-unsaturated/α-hetero) is 1. The quantitative estimate of drug-likeness (QED) is 0.469. The Balaban J connectivity index is 1.57. The number of hydrogen-bond donors (Lipinski definition) is 1. The summed E-state index contributed by atoms with van der Waals surface area (Å²) in [6.45, 7) is 5.19. The topological polar surface area (TPSA) is 111 Å². The second-order valence-corrected chi connectivity index (χ2v) is 9.72. The molecule has 0 saturated carbocycles. The van der Waals surface area contributed by atoms with E-state index in [1.165, 1.54) is 11.8 Å². The molecule has 34 heavy (non-hydrogen) atoms. The van der Waals surface area contributed by atoms with E-state index in [0.717, 1.165) is 34.0 Å². The molecule has 1 atom stereocenters. The Bertz CT molecular complexity index is 1250. The maximum atomic E-state index is 12.9. The first-order valence-electron chi connectivity index (χ1n) is 10.6. The molecule has 1 aromatic carbocycles. The van der Waals surface area contributed by atoms with Crippen LogP contribution in [-0.4, -0.2) is 53.9 Å². The van der Waals surface area contributed by atoms with E-state index < -0.39 is 12.0 Å². The Morgan fingerprint density at radius 3 is 2.79 bits per heavy atom. The molecule has 178 valence electrons. The average Bonchev–Trinajstić information content (AvgIpc) is 3.41. The van der Waals surface area contributed by atoms with Gasteiger partial charge in [0.25, 0.3) is 5.91 Å². The molecule has 1 aliphatic heterocycles. The zero-order chi connectivity index (χ0) is 24.4. The van der Waals surface area contributed by atoms with Crippen molar-refractivity contribution in [3.63, 3.8) is 0 Å². The number of methoxy groups -OCH3 is 1. The molecule has 1 unspecified atom stereocenters. The number of benzene rings is 1. The Morgan fingerprint density at radius 2 is 2.09 bits per heavy atom. The van der Waals surface area contributed by atoms with Crippen LogP contribution in [0.25, 0.3) is 11.3 Å². The van der Waals surface area contributed by atoms with Gasteiger partial charge in [0.2, 0.25) is 5.91 Å². The summed E-state index contributed by atoms with van der Waals surface area (Å²) in [5.74, 6) is -0.333. The molecule has 0 fully saturated rings. The van der Waals surface area contributed by atoms with Gasteiger partial charge in [0.15, 0.2) is 17.0 Å². The SMILES string of the molecule is COCCc1nc(-c2ccc3c(c2)N(CC(=O)Nc2nc(C)c(C(C)=O)s2)C(=O)C(C)O3)cs1. The molecule has 0 bridgehead atoms. The minimum Gasteiger partial charge on any atom is -0.479 e. The highest BCUT2D eigenvalue weighted by Crippen LogP contribution is 2.38. The van der Waals surface area contributed by atoms with E-state index in [0.29, 0.717) is 33.7 Å². The monoisotopic (exact) mass is 500 g/mol. The van der Waals surface area contributed by atoms with Crippen molar-refractivity contribution in [1.29, 1.82) is 0 Å². The summed E-state index contributed by atoms with van der Waals surface area (Å²) in [7, 11) is 1.65. The molecular formula is C23H24N4O5S2. The van der Waals surface area contributed by atoms with E-state index in [1.54, 1.807) is 38.4 Å². The van der Waals surface area contributed by atoms with Gasteiger partial charge in [-0.2, -0.15) is 0 Å². The smallest absolute Gasteiger partial charge is 0.268 e. The number of thiazole rings is 2. The van der Waals surface area contributed by atoms with Crippen LogP contribution in [0.2, 0.25) is 0 Å². The lowest BCUT2D eigenvalue weighted by molar-refractivity contribution is -0.127. The lowest BCUT2D eigenvalue weighted by Crippen LogP contribution is -2.47. The molecule has 4 rings (SSSR count). The van der Waals surface area contributed by atoms with Gasteiger partial charge < -0.3 is 14.8 Å². The lowest BCUT2D eigenvalue weighted by Gasteiger charge is -2.32. The average molecular weight is 501 g/mol. The van der Waals surface area contributed by atoms with Crippen LogP contribution in [0.3, 0.4) is 0 Å². The zero-order valence-electron chi connectivity index (χ0n) is 19.2. The molecule has 0 radical (unpaired) electrons. The summed E-state index contributed by atoms with van der Waals surface area (Å²) < 4.78 is 10.9. The Kier molecular flexibility index (Phi) is 7.05. The van der Waals surface area contributed by atoms with Crippen LogP contribution < -0.4 is 15.0 Å². The first kappa shape index (κ1) is 24.0. The van der Waals surface area contributed by atoms with Crippen LogP contribution in [-0.2, 0) is 20.7 Å². The van der Waals surface area contributed by atoms with Crippen molar-refractivity contribution in [2.75, 3.05) is 30.5 Å². The predicted molar refractivity (Wildman–Crippen MR) is 131 cm³/mol. The number of amides is 2. The second-order valence-electron chi connectivity index (χ2n) is 7.77.